The number of thiazole rings is 1. The standard InChI is InChI=1S/C10H17N3OS/c1-4-5-8(11)9(14)13-10-12-6(2)7(3)15-10/h8H,4-5,11H2,1-3H3,(H,12,13,14)/t8-/m0/s1. The second-order valence-corrected chi connectivity index (χ2v) is 4.75. The van der Waals surface area contributed by atoms with Crippen molar-refractivity contribution < 1.29 is 4.79 Å². The highest BCUT2D eigenvalue weighted by molar-refractivity contribution is 7.15. The highest BCUT2D eigenvalue weighted by Gasteiger charge is 2.14. The number of nitrogens with two attached hydrogens (primary N) is 1. The van der Waals surface area contributed by atoms with Gasteiger partial charge in [-0.2, -0.15) is 0 Å². The number of nitrogens with one attached hydrogen (secondary N) is 1. The lowest BCUT2D eigenvalue weighted by molar-refractivity contribution is -0.117. The van der Waals surface area contributed by atoms with Gasteiger partial charge in [-0.15, -0.1) is 11.3 Å². The molecule has 0 spiro atoms. The summed E-state index contributed by atoms with van der Waals surface area (Å²) in [6.07, 6.45) is 1.61. The van der Waals surface area contributed by atoms with Gasteiger partial charge >= 0.3 is 0 Å². The summed E-state index contributed by atoms with van der Waals surface area (Å²) in [4.78, 5) is 16.9. The first-order chi connectivity index (χ1) is 7.04. The van der Waals surface area contributed by atoms with Crippen molar-refractivity contribution in [2.45, 2.75) is 39.7 Å². The van der Waals surface area contributed by atoms with Crippen LogP contribution in [0.5, 0.6) is 0 Å². The van der Waals surface area contributed by atoms with Gasteiger partial charge in [-0.3, -0.25) is 4.79 Å². The maximum absolute atomic E-state index is 11.6. The van der Waals surface area contributed by atoms with Crippen LogP contribution in [0, 0.1) is 13.8 Å². The Morgan fingerprint density at radius 3 is 2.73 bits per heavy atom. The molecule has 1 amide bonds. The fourth-order valence-corrected chi connectivity index (χ4v) is 1.98. The van der Waals surface area contributed by atoms with Crippen LogP contribution < -0.4 is 11.1 Å². The molecule has 1 heterocycles. The van der Waals surface area contributed by atoms with Crippen molar-refractivity contribution in [2.24, 2.45) is 5.73 Å². The van der Waals surface area contributed by atoms with Crippen LogP contribution in [0.25, 0.3) is 0 Å². The predicted molar refractivity (Wildman–Crippen MR) is 63.1 cm³/mol. The zero-order chi connectivity index (χ0) is 11.4. The quantitative estimate of drug-likeness (QED) is 0.824. The van der Waals surface area contributed by atoms with Gasteiger partial charge in [-0.1, -0.05) is 13.3 Å². The Morgan fingerprint density at radius 2 is 2.27 bits per heavy atom. The number of hydrogen-bond acceptors (Lipinski definition) is 4. The second-order valence-electron chi connectivity index (χ2n) is 3.55. The number of anilines is 1. The lowest BCUT2D eigenvalue weighted by atomic mass is 10.2. The molecule has 0 unspecified atom stereocenters. The predicted octanol–water partition coefficient (Wildman–Crippen LogP) is 1.83. The van der Waals surface area contributed by atoms with E-state index in [4.69, 9.17) is 5.73 Å². The minimum Gasteiger partial charge on any atom is -0.320 e. The minimum atomic E-state index is -0.431. The number of aryl methyl sites for hydroxylation is 2. The van der Waals surface area contributed by atoms with Crippen LogP contribution in [-0.4, -0.2) is 16.9 Å². The van der Waals surface area contributed by atoms with Crippen LogP contribution >= 0.6 is 11.3 Å². The third-order valence-electron chi connectivity index (χ3n) is 2.20. The molecule has 0 aliphatic heterocycles. The Balaban J connectivity index is 2.58. The van der Waals surface area contributed by atoms with E-state index in [1.165, 1.54) is 11.3 Å². The van der Waals surface area contributed by atoms with Crippen molar-refractivity contribution in [3.63, 3.8) is 0 Å². The summed E-state index contributed by atoms with van der Waals surface area (Å²) in [6, 6.07) is -0.431. The first kappa shape index (κ1) is 12.1. The Labute approximate surface area is 93.9 Å². The molecule has 5 heteroatoms. The Bertz CT molecular complexity index is 329. The molecular weight excluding hydrogens is 210 g/mol. The van der Waals surface area contributed by atoms with Crippen LogP contribution in [0.15, 0.2) is 0 Å². The fourth-order valence-electron chi connectivity index (χ4n) is 1.17. The molecule has 1 aromatic rings. The molecule has 3 N–H and O–H groups in total. The van der Waals surface area contributed by atoms with Gasteiger partial charge in [0.05, 0.1) is 11.7 Å². The summed E-state index contributed by atoms with van der Waals surface area (Å²) in [5.41, 5.74) is 6.64. The van der Waals surface area contributed by atoms with E-state index in [0.717, 1.165) is 17.0 Å². The Morgan fingerprint density at radius 1 is 1.60 bits per heavy atom. The number of amides is 1. The van der Waals surface area contributed by atoms with Crippen LogP contribution in [0.1, 0.15) is 30.3 Å². The van der Waals surface area contributed by atoms with Crippen molar-refractivity contribution in [2.75, 3.05) is 5.32 Å². The molecule has 84 valence electrons. The summed E-state index contributed by atoms with van der Waals surface area (Å²) in [5.74, 6) is -0.148. The number of hydrogen-bond donors (Lipinski definition) is 2. The van der Waals surface area contributed by atoms with Gasteiger partial charge in [0, 0.05) is 4.88 Å². The molecule has 15 heavy (non-hydrogen) atoms. The van der Waals surface area contributed by atoms with Crippen LogP contribution in [-0.2, 0) is 4.79 Å². The smallest absolute Gasteiger partial charge is 0.243 e. The second kappa shape index (κ2) is 5.23. The molecule has 0 aliphatic rings. The van der Waals surface area contributed by atoms with Crippen molar-refractivity contribution in [1.29, 1.82) is 0 Å². The van der Waals surface area contributed by atoms with Crippen LogP contribution in [0.2, 0.25) is 0 Å². The van der Waals surface area contributed by atoms with Gasteiger partial charge in [0.25, 0.3) is 0 Å². The number of rotatable bonds is 4. The third kappa shape index (κ3) is 3.28. The van der Waals surface area contributed by atoms with E-state index in [2.05, 4.69) is 10.3 Å². The average Bonchev–Trinajstić information content (AvgIpc) is 2.46. The summed E-state index contributed by atoms with van der Waals surface area (Å²) >= 11 is 1.48. The van der Waals surface area contributed by atoms with Crippen molar-refractivity contribution in [3.05, 3.63) is 10.6 Å². The van der Waals surface area contributed by atoms with E-state index in [1.807, 2.05) is 20.8 Å². The highest BCUT2D eigenvalue weighted by atomic mass is 32.1. The van der Waals surface area contributed by atoms with Crippen LogP contribution in [0.3, 0.4) is 0 Å². The Hall–Kier alpha value is -0.940. The van der Waals surface area contributed by atoms with Crippen molar-refractivity contribution in [1.82, 2.24) is 4.98 Å². The van der Waals surface area contributed by atoms with Gasteiger partial charge < -0.3 is 11.1 Å². The summed E-state index contributed by atoms with van der Waals surface area (Å²) in [6.45, 7) is 5.91. The van der Waals surface area contributed by atoms with Gasteiger partial charge in [0.1, 0.15) is 0 Å². The largest absolute Gasteiger partial charge is 0.320 e. The Kier molecular flexibility index (Phi) is 4.23. The highest BCUT2D eigenvalue weighted by Crippen LogP contribution is 2.21. The molecule has 1 atom stereocenters. The molecule has 0 aromatic carbocycles. The summed E-state index contributed by atoms with van der Waals surface area (Å²) in [7, 11) is 0. The molecule has 0 fully saturated rings. The van der Waals surface area contributed by atoms with Crippen LogP contribution in [0.4, 0.5) is 5.13 Å². The van der Waals surface area contributed by atoms with Gasteiger partial charge in [0.15, 0.2) is 5.13 Å². The SMILES string of the molecule is CCC[C@H](N)C(=O)Nc1nc(C)c(C)s1. The number of carbonyl (C=O) groups excluding carboxylic acids is 1. The van der Waals surface area contributed by atoms with Crippen molar-refractivity contribution >= 4 is 22.4 Å². The van der Waals surface area contributed by atoms with E-state index in [0.29, 0.717) is 11.6 Å². The average molecular weight is 227 g/mol. The molecule has 4 nitrogen and oxygen atoms in total. The molecule has 1 rings (SSSR count). The van der Waals surface area contributed by atoms with E-state index in [1.54, 1.807) is 0 Å². The van der Waals surface area contributed by atoms with Crippen molar-refractivity contribution in [3.8, 4) is 0 Å². The maximum atomic E-state index is 11.6. The van der Waals surface area contributed by atoms with Gasteiger partial charge in [0.2, 0.25) is 5.91 Å². The number of carbonyl (C=O) groups is 1. The zero-order valence-corrected chi connectivity index (χ0v) is 10.1. The first-order valence-corrected chi connectivity index (χ1v) is 5.86. The monoisotopic (exact) mass is 227 g/mol. The van der Waals surface area contributed by atoms with E-state index < -0.39 is 6.04 Å². The van der Waals surface area contributed by atoms with Gasteiger partial charge in [-0.05, 0) is 20.3 Å². The lowest BCUT2D eigenvalue weighted by Crippen LogP contribution is -2.35. The molecular formula is C10H17N3OS. The topological polar surface area (TPSA) is 68.0 Å². The summed E-state index contributed by atoms with van der Waals surface area (Å²) in [5, 5.41) is 3.37. The van der Waals surface area contributed by atoms with E-state index in [9.17, 15) is 4.79 Å². The normalized spacial score (nSPS) is 12.5. The molecule has 0 aliphatic carbocycles. The number of nitrogens with zero attached hydrogens (tertiary/aromatic N) is 1. The number of aromatic nitrogens is 1. The first-order valence-electron chi connectivity index (χ1n) is 5.05. The molecule has 0 radical (unpaired) electrons. The maximum Gasteiger partial charge on any atom is 0.243 e. The molecule has 1 aromatic heterocycles. The lowest BCUT2D eigenvalue weighted by Gasteiger charge is -2.08. The molecule has 0 saturated heterocycles. The summed E-state index contributed by atoms with van der Waals surface area (Å²) < 4.78 is 0. The minimum absolute atomic E-state index is 0.148. The molecule has 0 bridgehead atoms. The zero-order valence-electron chi connectivity index (χ0n) is 9.33. The van der Waals surface area contributed by atoms with E-state index >= 15 is 0 Å². The molecule has 0 saturated carbocycles. The fraction of sp³-hybridized carbons (Fsp3) is 0.600. The van der Waals surface area contributed by atoms with E-state index in [-0.39, 0.29) is 5.91 Å². The third-order valence-corrected chi connectivity index (χ3v) is 3.18. The van der Waals surface area contributed by atoms with Gasteiger partial charge in [-0.25, -0.2) is 4.98 Å².